The molecule has 2 bridgehead atoms. The number of aliphatic hydroxyl groups is 1. The Morgan fingerprint density at radius 3 is 2.69 bits per heavy atom. The molecule has 13 heavy (non-hydrogen) atoms. The number of hydrogen-bond acceptors (Lipinski definition) is 3. The van der Waals surface area contributed by atoms with E-state index in [-0.39, 0.29) is 29.0 Å². The van der Waals surface area contributed by atoms with Crippen LogP contribution < -0.4 is 0 Å². The zero-order valence-corrected chi connectivity index (χ0v) is 8.33. The maximum Gasteiger partial charge on any atom is 0.123 e. The predicted octanol–water partition coefficient (Wildman–Crippen LogP) is 0.846. The fourth-order valence-corrected chi connectivity index (χ4v) is 3.51. The van der Waals surface area contributed by atoms with Crippen molar-refractivity contribution in [2.24, 2.45) is 0 Å². The minimum atomic E-state index is -0.348. The summed E-state index contributed by atoms with van der Waals surface area (Å²) >= 11 is 0. The van der Waals surface area contributed by atoms with Gasteiger partial charge in [0.05, 0.1) is 11.7 Å². The minimum absolute atomic E-state index is 0.104. The Morgan fingerprint density at radius 1 is 1.31 bits per heavy atom. The third-order valence-electron chi connectivity index (χ3n) is 4.14. The molecule has 3 heterocycles. The van der Waals surface area contributed by atoms with Crippen LogP contribution in [0.2, 0.25) is 0 Å². The van der Waals surface area contributed by atoms with Crippen LogP contribution in [0, 0.1) is 0 Å². The standard InChI is InChI=1S/C10H16O3/c1-8-4-6(11)7-10(3,13-8)9(2,5-8)12-7/h6-7,11H,4-5H2,1-3H3/t6-,7+,8+,9-,10-/m1/s1. The third-order valence-corrected chi connectivity index (χ3v) is 4.14. The van der Waals surface area contributed by atoms with Crippen LogP contribution in [0.1, 0.15) is 33.6 Å². The maximum absolute atomic E-state index is 9.84. The zero-order chi connectivity index (χ0) is 9.48. The Kier molecular flexibility index (Phi) is 1.14. The van der Waals surface area contributed by atoms with E-state index in [0.717, 1.165) is 6.42 Å². The lowest BCUT2D eigenvalue weighted by Crippen LogP contribution is -2.73. The topological polar surface area (TPSA) is 38.7 Å². The number of aliphatic hydroxyl groups excluding tert-OH is 1. The molecule has 3 saturated heterocycles. The van der Waals surface area contributed by atoms with Gasteiger partial charge in [-0.2, -0.15) is 0 Å². The van der Waals surface area contributed by atoms with Crippen LogP contribution in [-0.4, -0.2) is 34.1 Å². The van der Waals surface area contributed by atoms with E-state index in [1.807, 2.05) is 0 Å². The average Bonchev–Trinajstić information content (AvgIpc) is 2.09. The normalized spacial score (nSPS) is 69.2. The van der Waals surface area contributed by atoms with E-state index in [1.165, 1.54) is 0 Å². The van der Waals surface area contributed by atoms with Gasteiger partial charge in [0, 0.05) is 12.8 Å². The van der Waals surface area contributed by atoms with E-state index >= 15 is 0 Å². The molecule has 0 aromatic rings. The molecule has 0 amide bonds. The Hall–Kier alpha value is -0.120. The fraction of sp³-hybridized carbons (Fsp3) is 1.00. The number of ether oxygens (including phenoxy) is 2. The summed E-state index contributed by atoms with van der Waals surface area (Å²) in [5, 5.41) is 9.84. The van der Waals surface area contributed by atoms with E-state index < -0.39 is 0 Å². The lowest BCUT2D eigenvalue weighted by Gasteiger charge is -2.58. The molecule has 5 atom stereocenters. The first-order chi connectivity index (χ1) is 5.89. The second-order valence-electron chi connectivity index (χ2n) is 5.38. The Morgan fingerprint density at radius 2 is 2.00 bits per heavy atom. The van der Waals surface area contributed by atoms with Crippen molar-refractivity contribution in [2.75, 3.05) is 0 Å². The van der Waals surface area contributed by atoms with Crippen molar-refractivity contribution in [1.82, 2.24) is 0 Å². The van der Waals surface area contributed by atoms with Crippen LogP contribution in [0.5, 0.6) is 0 Å². The summed E-state index contributed by atoms with van der Waals surface area (Å²) < 4.78 is 11.8. The summed E-state index contributed by atoms with van der Waals surface area (Å²) in [4.78, 5) is 0. The van der Waals surface area contributed by atoms with Crippen molar-refractivity contribution in [3.05, 3.63) is 0 Å². The summed E-state index contributed by atoms with van der Waals surface area (Å²) in [5.74, 6) is 0. The van der Waals surface area contributed by atoms with Gasteiger partial charge in [-0.1, -0.05) is 0 Å². The number of rotatable bonds is 0. The fourth-order valence-electron chi connectivity index (χ4n) is 3.51. The third kappa shape index (κ3) is 0.694. The highest BCUT2D eigenvalue weighted by molar-refractivity contribution is 5.24. The van der Waals surface area contributed by atoms with E-state index in [2.05, 4.69) is 20.8 Å². The van der Waals surface area contributed by atoms with Crippen molar-refractivity contribution in [2.45, 2.75) is 62.6 Å². The molecule has 0 aromatic heterocycles. The summed E-state index contributed by atoms with van der Waals surface area (Å²) in [6.45, 7) is 6.23. The van der Waals surface area contributed by atoms with Gasteiger partial charge in [0.2, 0.25) is 0 Å². The quantitative estimate of drug-likeness (QED) is 0.606. The van der Waals surface area contributed by atoms with Gasteiger partial charge in [0.25, 0.3) is 0 Å². The first-order valence-electron chi connectivity index (χ1n) is 4.95. The zero-order valence-electron chi connectivity index (χ0n) is 8.33. The van der Waals surface area contributed by atoms with Gasteiger partial charge in [0.15, 0.2) is 0 Å². The molecule has 0 saturated carbocycles. The highest BCUT2D eigenvalue weighted by Crippen LogP contribution is 2.63. The molecule has 0 radical (unpaired) electrons. The van der Waals surface area contributed by atoms with Gasteiger partial charge in [0.1, 0.15) is 17.3 Å². The molecule has 1 N–H and O–H groups in total. The molecule has 74 valence electrons. The van der Waals surface area contributed by atoms with E-state index in [1.54, 1.807) is 0 Å². The van der Waals surface area contributed by atoms with Crippen molar-refractivity contribution >= 4 is 0 Å². The van der Waals surface area contributed by atoms with Crippen LogP contribution in [0.4, 0.5) is 0 Å². The molecule has 3 aliphatic rings. The molecule has 0 aromatic carbocycles. The lowest BCUT2D eigenvalue weighted by molar-refractivity contribution is -0.360. The smallest absolute Gasteiger partial charge is 0.123 e. The number of hydrogen-bond donors (Lipinski definition) is 1. The predicted molar refractivity (Wildman–Crippen MR) is 46.4 cm³/mol. The van der Waals surface area contributed by atoms with Crippen LogP contribution >= 0.6 is 0 Å². The van der Waals surface area contributed by atoms with Crippen molar-refractivity contribution in [1.29, 1.82) is 0 Å². The molecular formula is C10H16O3. The van der Waals surface area contributed by atoms with E-state index in [9.17, 15) is 5.11 Å². The maximum atomic E-state index is 9.84. The van der Waals surface area contributed by atoms with E-state index in [0.29, 0.717) is 6.42 Å². The van der Waals surface area contributed by atoms with Crippen LogP contribution in [0.15, 0.2) is 0 Å². The molecular weight excluding hydrogens is 168 g/mol. The molecule has 0 unspecified atom stereocenters. The minimum Gasteiger partial charge on any atom is -0.390 e. The van der Waals surface area contributed by atoms with Crippen LogP contribution in [0.25, 0.3) is 0 Å². The summed E-state index contributed by atoms with van der Waals surface area (Å²) in [7, 11) is 0. The molecule has 3 nitrogen and oxygen atoms in total. The summed E-state index contributed by atoms with van der Waals surface area (Å²) in [5.41, 5.74) is -0.584. The molecule has 0 spiro atoms. The monoisotopic (exact) mass is 184 g/mol. The van der Waals surface area contributed by atoms with Crippen molar-refractivity contribution in [3.63, 3.8) is 0 Å². The van der Waals surface area contributed by atoms with Gasteiger partial charge in [-0.3, -0.25) is 0 Å². The Bertz CT molecular complexity index is 275. The van der Waals surface area contributed by atoms with E-state index in [4.69, 9.17) is 9.47 Å². The van der Waals surface area contributed by atoms with Crippen LogP contribution in [-0.2, 0) is 9.47 Å². The first-order valence-corrected chi connectivity index (χ1v) is 4.95. The van der Waals surface area contributed by atoms with Crippen LogP contribution in [0.3, 0.4) is 0 Å². The van der Waals surface area contributed by atoms with Gasteiger partial charge in [-0.15, -0.1) is 0 Å². The second-order valence-corrected chi connectivity index (χ2v) is 5.38. The highest BCUT2D eigenvalue weighted by atomic mass is 16.7. The molecule has 3 aliphatic heterocycles. The molecule has 3 rings (SSSR count). The average molecular weight is 184 g/mol. The Balaban J connectivity index is 2.08. The second kappa shape index (κ2) is 1.81. The summed E-state index contributed by atoms with van der Waals surface area (Å²) in [6, 6.07) is 0. The lowest BCUT2D eigenvalue weighted by atomic mass is 9.74. The molecule has 3 heteroatoms. The van der Waals surface area contributed by atoms with Crippen molar-refractivity contribution < 1.29 is 14.6 Å². The van der Waals surface area contributed by atoms with Crippen molar-refractivity contribution in [3.8, 4) is 0 Å². The van der Waals surface area contributed by atoms with Gasteiger partial charge in [-0.05, 0) is 20.8 Å². The molecule has 3 fully saturated rings. The SMILES string of the molecule is C[C@]12C[C@@H](O)[C@@H]3O[C@](C)(C1)[C@]3(C)O2. The first kappa shape index (κ1) is 8.21. The van der Waals surface area contributed by atoms with Gasteiger partial charge in [-0.25, -0.2) is 0 Å². The molecule has 0 aliphatic carbocycles. The Labute approximate surface area is 78.0 Å². The van der Waals surface area contributed by atoms with Gasteiger partial charge < -0.3 is 14.6 Å². The largest absolute Gasteiger partial charge is 0.390 e. The number of fused-ring (bicyclic) bond motifs is 1. The highest BCUT2D eigenvalue weighted by Gasteiger charge is 2.76. The van der Waals surface area contributed by atoms with Gasteiger partial charge >= 0.3 is 0 Å². The summed E-state index contributed by atoms with van der Waals surface area (Å²) in [6.07, 6.45) is 1.17.